The standard InChI is InChI=1S/C15H15FO2/c1-10-5-3-4-6-13(15(10)17)12-8-7-11(16)9-14(12)18-2/h3-5,7-9,13H,6H2,1-2H3. The molecule has 1 aromatic rings. The smallest absolute Gasteiger partial charge is 0.166 e. The highest BCUT2D eigenvalue weighted by atomic mass is 19.1. The van der Waals surface area contributed by atoms with Gasteiger partial charge in [0.15, 0.2) is 5.78 Å². The average Bonchev–Trinajstić information content (AvgIpc) is 2.53. The lowest BCUT2D eigenvalue weighted by Crippen LogP contribution is -2.13. The second-order valence-electron chi connectivity index (χ2n) is 4.32. The number of carbonyl (C=O) groups is 1. The third-order valence-electron chi connectivity index (χ3n) is 3.13. The van der Waals surface area contributed by atoms with Crippen LogP contribution in [0.1, 0.15) is 24.8 Å². The molecule has 1 aliphatic rings. The maximum absolute atomic E-state index is 13.2. The molecule has 0 fully saturated rings. The van der Waals surface area contributed by atoms with Gasteiger partial charge in [0.1, 0.15) is 11.6 Å². The van der Waals surface area contributed by atoms with Crippen molar-refractivity contribution in [3.8, 4) is 5.75 Å². The van der Waals surface area contributed by atoms with Crippen LogP contribution in [-0.2, 0) is 4.79 Å². The molecule has 0 spiro atoms. The molecule has 0 N–H and O–H groups in total. The van der Waals surface area contributed by atoms with E-state index in [0.29, 0.717) is 17.7 Å². The molecule has 94 valence electrons. The van der Waals surface area contributed by atoms with Crippen molar-refractivity contribution in [2.75, 3.05) is 7.11 Å². The molecule has 0 aromatic heterocycles. The normalized spacial score (nSPS) is 19.4. The van der Waals surface area contributed by atoms with Crippen LogP contribution in [0.4, 0.5) is 4.39 Å². The maximum atomic E-state index is 13.2. The van der Waals surface area contributed by atoms with E-state index in [0.717, 1.165) is 5.56 Å². The molecule has 1 aliphatic carbocycles. The van der Waals surface area contributed by atoms with Crippen molar-refractivity contribution in [3.63, 3.8) is 0 Å². The zero-order valence-electron chi connectivity index (χ0n) is 10.4. The molecule has 1 atom stereocenters. The van der Waals surface area contributed by atoms with Gasteiger partial charge in [-0.2, -0.15) is 0 Å². The average molecular weight is 246 g/mol. The highest BCUT2D eigenvalue weighted by Crippen LogP contribution is 2.33. The summed E-state index contributed by atoms with van der Waals surface area (Å²) in [6, 6.07) is 4.30. The van der Waals surface area contributed by atoms with E-state index < -0.39 is 0 Å². The van der Waals surface area contributed by atoms with Crippen LogP contribution in [0.25, 0.3) is 0 Å². The molecule has 3 heteroatoms. The predicted molar refractivity (Wildman–Crippen MR) is 68.2 cm³/mol. The summed E-state index contributed by atoms with van der Waals surface area (Å²) in [6.07, 6.45) is 6.23. The van der Waals surface area contributed by atoms with Crippen molar-refractivity contribution in [2.45, 2.75) is 19.3 Å². The third-order valence-corrected chi connectivity index (χ3v) is 3.13. The fraction of sp³-hybridized carbons (Fsp3) is 0.267. The highest BCUT2D eigenvalue weighted by molar-refractivity contribution is 6.01. The Hall–Kier alpha value is -1.90. The number of benzene rings is 1. The fourth-order valence-corrected chi connectivity index (χ4v) is 2.13. The number of halogens is 1. The van der Waals surface area contributed by atoms with E-state index in [9.17, 15) is 9.18 Å². The molecule has 0 amide bonds. The van der Waals surface area contributed by atoms with E-state index in [1.807, 2.05) is 12.2 Å². The monoisotopic (exact) mass is 246 g/mol. The van der Waals surface area contributed by atoms with E-state index >= 15 is 0 Å². The fourth-order valence-electron chi connectivity index (χ4n) is 2.13. The number of rotatable bonds is 2. The van der Waals surface area contributed by atoms with Crippen molar-refractivity contribution in [2.24, 2.45) is 0 Å². The van der Waals surface area contributed by atoms with Gasteiger partial charge in [0.05, 0.1) is 13.0 Å². The van der Waals surface area contributed by atoms with Gasteiger partial charge in [-0.05, 0) is 25.0 Å². The Morgan fingerprint density at radius 2 is 2.17 bits per heavy atom. The SMILES string of the molecule is COc1cc(F)ccc1C1CC=CC=C(C)C1=O. The molecule has 0 aliphatic heterocycles. The van der Waals surface area contributed by atoms with Gasteiger partial charge < -0.3 is 4.74 Å². The van der Waals surface area contributed by atoms with Gasteiger partial charge in [0.25, 0.3) is 0 Å². The number of methoxy groups -OCH3 is 1. The summed E-state index contributed by atoms with van der Waals surface area (Å²) in [5.41, 5.74) is 1.45. The summed E-state index contributed by atoms with van der Waals surface area (Å²) >= 11 is 0. The molecular formula is C15H15FO2. The van der Waals surface area contributed by atoms with Gasteiger partial charge in [-0.25, -0.2) is 4.39 Å². The Balaban J connectivity index is 2.45. The first-order valence-corrected chi connectivity index (χ1v) is 5.84. The van der Waals surface area contributed by atoms with Gasteiger partial charge in [0.2, 0.25) is 0 Å². The lowest BCUT2D eigenvalue weighted by atomic mass is 9.88. The molecule has 0 bridgehead atoms. The van der Waals surface area contributed by atoms with Gasteiger partial charge >= 0.3 is 0 Å². The predicted octanol–water partition coefficient (Wildman–Crippen LogP) is 3.39. The van der Waals surface area contributed by atoms with Crippen molar-refractivity contribution < 1.29 is 13.9 Å². The van der Waals surface area contributed by atoms with E-state index in [1.54, 1.807) is 19.1 Å². The molecule has 2 nitrogen and oxygen atoms in total. The Morgan fingerprint density at radius 1 is 1.39 bits per heavy atom. The lowest BCUT2D eigenvalue weighted by Gasteiger charge is -2.17. The van der Waals surface area contributed by atoms with Gasteiger partial charge in [-0.3, -0.25) is 4.79 Å². The number of hydrogen-bond donors (Lipinski definition) is 0. The first-order chi connectivity index (χ1) is 8.63. The van der Waals surface area contributed by atoms with Crippen molar-refractivity contribution >= 4 is 5.78 Å². The van der Waals surface area contributed by atoms with Crippen LogP contribution in [0.5, 0.6) is 5.75 Å². The summed E-state index contributed by atoms with van der Waals surface area (Å²) < 4.78 is 18.3. The van der Waals surface area contributed by atoms with E-state index in [-0.39, 0.29) is 17.5 Å². The minimum Gasteiger partial charge on any atom is -0.496 e. The van der Waals surface area contributed by atoms with E-state index in [2.05, 4.69) is 0 Å². The lowest BCUT2D eigenvalue weighted by molar-refractivity contribution is -0.116. The largest absolute Gasteiger partial charge is 0.496 e. The first kappa shape index (κ1) is 12.6. The molecule has 0 saturated carbocycles. The Labute approximate surface area is 106 Å². The van der Waals surface area contributed by atoms with E-state index in [4.69, 9.17) is 4.74 Å². The topological polar surface area (TPSA) is 26.3 Å². The Bertz CT molecular complexity index is 529. The van der Waals surface area contributed by atoms with Crippen molar-refractivity contribution in [3.05, 3.63) is 53.4 Å². The van der Waals surface area contributed by atoms with Crippen LogP contribution in [0.15, 0.2) is 42.0 Å². The summed E-state index contributed by atoms with van der Waals surface area (Å²) in [4.78, 5) is 12.2. The van der Waals surface area contributed by atoms with Crippen LogP contribution in [0, 0.1) is 5.82 Å². The van der Waals surface area contributed by atoms with Crippen LogP contribution >= 0.6 is 0 Å². The zero-order chi connectivity index (χ0) is 13.1. The number of Topliss-reactive ketones (excluding diaryl/α,β-unsaturated/α-hetero) is 1. The van der Waals surface area contributed by atoms with Gasteiger partial charge in [-0.1, -0.05) is 24.3 Å². The third kappa shape index (κ3) is 2.35. The van der Waals surface area contributed by atoms with Gasteiger partial charge in [-0.15, -0.1) is 0 Å². The number of ketones is 1. The maximum Gasteiger partial charge on any atom is 0.166 e. The molecule has 0 heterocycles. The van der Waals surface area contributed by atoms with Gasteiger partial charge in [0, 0.05) is 11.6 Å². The summed E-state index contributed by atoms with van der Waals surface area (Å²) in [7, 11) is 1.48. The zero-order valence-corrected chi connectivity index (χ0v) is 10.4. The van der Waals surface area contributed by atoms with Crippen LogP contribution in [-0.4, -0.2) is 12.9 Å². The molecule has 0 radical (unpaired) electrons. The number of hydrogen-bond acceptors (Lipinski definition) is 2. The molecule has 0 saturated heterocycles. The molecule has 1 unspecified atom stereocenters. The Morgan fingerprint density at radius 3 is 2.89 bits per heavy atom. The second-order valence-corrected chi connectivity index (χ2v) is 4.32. The van der Waals surface area contributed by atoms with Crippen molar-refractivity contribution in [1.29, 1.82) is 0 Å². The quantitative estimate of drug-likeness (QED) is 0.799. The molecule has 1 aromatic carbocycles. The minimum atomic E-state index is -0.362. The molecular weight excluding hydrogens is 231 g/mol. The first-order valence-electron chi connectivity index (χ1n) is 5.84. The number of allylic oxidation sites excluding steroid dienone is 4. The van der Waals surface area contributed by atoms with Crippen LogP contribution < -0.4 is 4.74 Å². The number of ether oxygens (including phenoxy) is 1. The highest BCUT2D eigenvalue weighted by Gasteiger charge is 2.25. The summed E-state index contributed by atoms with van der Waals surface area (Å²) in [5.74, 6) is -0.170. The minimum absolute atomic E-state index is 0.0601. The summed E-state index contributed by atoms with van der Waals surface area (Å²) in [6.45, 7) is 1.79. The van der Waals surface area contributed by atoms with Crippen molar-refractivity contribution in [1.82, 2.24) is 0 Å². The van der Waals surface area contributed by atoms with E-state index in [1.165, 1.54) is 19.2 Å². The summed E-state index contributed by atoms with van der Waals surface area (Å²) in [5, 5.41) is 0. The number of carbonyl (C=O) groups excluding carboxylic acids is 1. The molecule has 18 heavy (non-hydrogen) atoms. The van der Waals surface area contributed by atoms with Crippen LogP contribution in [0.2, 0.25) is 0 Å². The second kappa shape index (κ2) is 5.17. The molecule has 2 rings (SSSR count). The van der Waals surface area contributed by atoms with Crippen LogP contribution in [0.3, 0.4) is 0 Å². The Kier molecular flexibility index (Phi) is 3.60.